The number of para-hydroxylation sites is 1. The molecule has 9 heteroatoms. The number of benzene rings is 3. The Morgan fingerprint density at radius 2 is 1.28 bits per heavy atom. The van der Waals surface area contributed by atoms with Gasteiger partial charge in [0.25, 0.3) is 0 Å². The lowest BCUT2D eigenvalue weighted by molar-refractivity contribution is 0.277. The van der Waals surface area contributed by atoms with E-state index >= 15 is 0 Å². The van der Waals surface area contributed by atoms with Crippen molar-refractivity contribution in [1.82, 2.24) is 0 Å². The quantitative estimate of drug-likeness (QED) is 0.570. The summed E-state index contributed by atoms with van der Waals surface area (Å²) in [5.74, 6) is 0.283. The van der Waals surface area contributed by atoms with E-state index in [0.29, 0.717) is 16.9 Å². The van der Waals surface area contributed by atoms with Crippen LogP contribution in [0.2, 0.25) is 0 Å². The van der Waals surface area contributed by atoms with Crippen molar-refractivity contribution in [2.75, 3.05) is 0 Å². The molecular weight excluding hydrogens is 395 g/mol. The number of phosphoric ester groups is 1. The lowest BCUT2D eigenvalue weighted by Gasteiger charge is -2.17. The van der Waals surface area contributed by atoms with Gasteiger partial charge in [0.2, 0.25) is 5.75 Å². The van der Waals surface area contributed by atoms with Gasteiger partial charge in [-0.15, -0.1) is 0 Å². The van der Waals surface area contributed by atoms with Crippen molar-refractivity contribution < 1.29 is 28.3 Å². The van der Waals surface area contributed by atoms with Crippen LogP contribution in [0.1, 0.15) is 11.1 Å². The van der Waals surface area contributed by atoms with E-state index in [1.54, 1.807) is 36.4 Å². The van der Waals surface area contributed by atoms with Crippen LogP contribution in [0, 0.1) is 22.7 Å². The monoisotopic (exact) mass is 408 g/mol. The molecule has 0 aliphatic carbocycles. The second-order valence-electron chi connectivity index (χ2n) is 5.65. The van der Waals surface area contributed by atoms with E-state index in [1.165, 1.54) is 30.3 Å². The maximum absolute atomic E-state index is 11.4. The van der Waals surface area contributed by atoms with Crippen molar-refractivity contribution in [3.63, 3.8) is 0 Å². The molecule has 3 aromatic rings. The fourth-order valence-corrected chi connectivity index (χ4v) is 2.78. The van der Waals surface area contributed by atoms with E-state index in [0.717, 1.165) is 0 Å². The van der Waals surface area contributed by atoms with Gasteiger partial charge in [-0.2, -0.15) is 10.5 Å². The van der Waals surface area contributed by atoms with Gasteiger partial charge in [-0.05, 0) is 48.5 Å². The van der Waals surface area contributed by atoms with Gasteiger partial charge < -0.3 is 14.0 Å². The molecule has 0 aliphatic heterocycles. The first-order chi connectivity index (χ1) is 13.9. The van der Waals surface area contributed by atoms with Gasteiger partial charge in [0.15, 0.2) is 11.5 Å². The summed E-state index contributed by atoms with van der Waals surface area (Å²) in [5.41, 5.74) is 0.703. The molecule has 2 N–H and O–H groups in total. The van der Waals surface area contributed by atoms with Crippen LogP contribution < -0.4 is 14.0 Å². The third-order valence-electron chi connectivity index (χ3n) is 3.53. The van der Waals surface area contributed by atoms with Gasteiger partial charge in [0.1, 0.15) is 11.5 Å². The van der Waals surface area contributed by atoms with E-state index in [2.05, 4.69) is 0 Å². The number of nitriles is 2. The SMILES string of the molecule is N#Cc1cccc(Oc2cccc(OP(=O)(O)O)c2Oc2cccc(C#N)c2)c1. The lowest BCUT2D eigenvalue weighted by atomic mass is 10.2. The molecule has 144 valence electrons. The second-order valence-corrected chi connectivity index (χ2v) is 6.81. The first kappa shape index (κ1) is 19.9. The molecular formula is C20H13N2O6P. The smallest absolute Gasteiger partial charge is 0.453 e. The van der Waals surface area contributed by atoms with Crippen LogP contribution in [-0.4, -0.2) is 9.79 Å². The Morgan fingerprint density at radius 3 is 1.83 bits per heavy atom. The highest BCUT2D eigenvalue weighted by atomic mass is 31.2. The minimum atomic E-state index is -4.88. The topological polar surface area (TPSA) is 133 Å². The summed E-state index contributed by atoms with van der Waals surface area (Å²) in [7, 11) is -4.88. The van der Waals surface area contributed by atoms with E-state index < -0.39 is 7.82 Å². The molecule has 3 rings (SSSR count). The Balaban J connectivity index is 2.05. The standard InChI is InChI=1S/C20H13N2O6P/c21-12-14-4-1-6-16(10-14)26-18-8-3-9-19(28-29(23,24)25)20(18)27-17-7-2-5-15(11-17)13-22/h1-11H,(H2,23,24,25). The number of rotatable bonds is 6. The van der Waals surface area contributed by atoms with Crippen LogP contribution in [-0.2, 0) is 4.57 Å². The van der Waals surface area contributed by atoms with Gasteiger partial charge >= 0.3 is 7.82 Å². The van der Waals surface area contributed by atoms with E-state index in [1.807, 2.05) is 12.1 Å². The highest BCUT2D eigenvalue weighted by Gasteiger charge is 2.23. The molecule has 0 aromatic heterocycles. The molecule has 0 saturated heterocycles. The molecule has 0 radical (unpaired) electrons. The molecule has 0 atom stereocenters. The van der Waals surface area contributed by atoms with E-state index in [9.17, 15) is 14.4 Å². The van der Waals surface area contributed by atoms with Crippen molar-refractivity contribution in [1.29, 1.82) is 10.5 Å². The van der Waals surface area contributed by atoms with Crippen molar-refractivity contribution in [3.8, 4) is 40.9 Å². The molecule has 29 heavy (non-hydrogen) atoms. The van der Waals surface area contributed by atoms with Gasteiger partial charge in [0.05, 0.1) is 23.3 Å². The number of hydrogen-bond donors (Lipinski definition) is 2. The van der Waals surface area contributed by atoms with Crippen LogP contribution in [0.3, 0.4) is 0 Å². The van der Waals surface area contributed by atoms with Crippen LogP contribution >= 0.6 is 7.82 Å². The Hall–Kier alpha value is -3.81. The molecule has 0 spiro atoms. The minimum Gasteiger partial charge on any atom is -0.453 e. The summed E-state index contributed by atoms with van der Waals surface area (Å²) < 4.78 is 27.6. The zero-order valence-corrected chi connectivity index (χ0v) is 15.6. The third kappa shape index (κ3) is 5.35. The molecule has 0 saturated carbocycles. The predicted molar refractivity (Wildman–Crippen MR) is 102 cm³/mol. The maximum Gasteiger partial charge on any atom is 0.524 e. The van der Waals surface area contributed by atoms with E-state index in [-0.39, 0.29) is 23.0 Å². The van der Waals surface area contributed by atoms with Crippen molar-refractivity contribution in [2.45, 2.75) is 0 Å². The molecule has 0 fully saturated rings. The summed E-state index contributed by atoms with van der Waals surface area (Å²) in [5, 5.41) is 18.1. The maximum atomic E-state index is 11.4. The molecule has 0 unspecified atom stereocenters. The third-order valence-corrected chi connectivity index (χ3v) is 3.97. The fourth-order valence-electron chi connectivity index (χ4n) is 2.38. The predicted octanol–water partition coefficient (Wildman–Crippen LogP) is 4.49. The summed E-state index contributed by atoms with van der Waals surface area (Å²) in [6.45, 7) is 0. The van der Waals surface area contributed by atoms with Crippen molar-refractivity contribution >= 4 is 7.82 Å². The van der Waals surface area contributed by atoms with Crippen LogP contribution in [0.15, 0.2) is 66.7 Å². The first-order valence-electron chi connectivity index (χ1n) is 8.12. The normalized spacial score (nSPS) is 10.5. The van der Waals surface area contributed by atoms with Gasteiger partial charge in [0, 0.05) is 0 Å². The van der Waals surface area contributed by atoms with Crippen molar-refractivity contribution in [3.05, 3.63) is 77.9 Å². The lowest BCUT2D eigenvalue weighted by Crippen LogP contribution is -1.97. The van der Waals surface area contributed by atoms with Gasteiger partial charge in [-0.25, -0.2) is 4.57 Å². The van der Waals surface area contributed by atoms with Crippen molar-refractivity contribution in [2.24, 2.45) is 0 Å². The average Bonchev–Trinajstić information content (AvgIpc) is 2.69. The zero-order valence-electron chi connectivity index (χ0n) is 14.7. The number of nitrogens with zero attached hydrogens (tertiary/aromatic N) is 2. The Bertz CT molecular complexity index is 1180. The second kappa shape index (κ2) is 8.47. The number of ether oxygens (including phenoxy) is 2. The average molecular weight is 408 g/mol. The summed E-state index contributed by atoms with van der Waals surface area (Å²) in [6.07, 6.45) is 0. The van der Waals surface area contributed by atoms with Crippen LogP contribution in [0.25, 0.3) is 0 Å². The summed E-state index contributed by atoms with van der Waals surface area (Å²) >= 11 is 0. The zero-order chi connectivity index (χ0) is 20.9. The molecule has 0 heterocycles. The molecule has 0 amide bonds. The molecule has 3 aromatic carbocycles. The highest BCUT2D eigenvalue weighted by molar-refractivity contribution is 7.46. The fraction of sp³-hybridized carbons (Fsp3) is 0. The van der Waals surface area contributed by atoms with Gasteiger partial charge in [-0.3, -0.25) is 9.79 Å². The minimum absolute atomic E-state index is 0.0911. The van der Waals surface area contributed by atoms with Crippen LogP contribution in [0.5, 0.6) is 28.7 Å². The van der Waals surface area contributed by atoms with E-state index in [4.69, 9.17) is 24.5 Å². The van der Waals surface area contributed by atoms with Gasteiger partial charge in [-0.1, -0.05) is 18.2 Å². The highest BCUT2D eigenvalue weighted by Crippen LogP contribution is 2.48. The summed E-state index contributed by atoms with van der Waals surface area (Å²) in [6, 6.07) is 20.8. The van der Waals surface area contributed by atoms with Crippen LogP contribution in [0.4, 0.5) is 0 Å². The molecule has 0 bridgehead atoms. The number of hydrogen-bond acceptors (Lipinski definition) is 6. The Labute approximate surface area is 166 Å². The first-order valence-corrected chi connectivity index (χ1v) is 9.65. The Morgan fingerprint density at radius 1 is 0.759 bits per heavy atom. The Kier molecular flexibility index (Phi) is 5.82. The largest absolute Gasteiger partial charge is 0.524 e. The summed E-state index contributed by atoms with van der Waals surface area (Å²) in [4.78, 5) is 18.4. The molecule has 0 aliphatic rings. The molecule has 8 nitrogen and oxygen atoms in total. The number of phosphoric acid groups is 1.